The van der Waals surface area contributed by atoms with Gasteiger partial charge in [0.05, 0.1) is 57.7 Å². The quantitative estimate of drug-likeness (QED) is 0.0809. The summed E-state index contributed by atoms with van der Waals surface area (Å²) in [4.78, 5) is 40.2. The van der Waals surface area contributed by atoms with Gasteiger partial charge in [-0.25, -0.2) is 13.1 Å². The van der Waals surface area contributed by atoms with Crippen molar-refractivity contribution < 1.29 is 32.3 Å². The fourth-order valence-corrected chi connectivity index (χ4v) is 13.9. The maximum Gasteiger partial charge on any atom is 0.293 e. The van der Waals surface area contributed by atoms with Crippen LogP contribution in [0, 0.1) is 10.1 Å². The number of H-pyrrole nitrogens is 1. The summed E-state index contributed by atoms with van der Waals surface area (Å²) in [6, 6.07) is 21.1. The molecule has 352 valence electrons. The Morgan fingerprint density at radius 1 is 0.970 bits per heavy atom. The van der Waals surface area contributed by atoms with Gasteiger partial charge in [-0.1, -0.05) is 29.3 Å². The number of thioether (sulfide) groups is 2. The number of allylic oxidation sites excluding steroid dienone is 1. The molecule has 4 aliphatic heterocycles. The summed E-state index contributed by atoms with van der Waals surface area (Å²) in [5.74, 6) is 1.89. The van der Waals surface area contributed by atoms with Crippen LogP contribution in [0.25, 0.3) is 16.6 Å². The summed E-state index contributed by atoms with van der Waals surface area (Å²) >= 11 is 10.6. The van der Waals surface area contributed by atoms with Crippen molar-refractivity contribution in [2.45, 2.75) is 40.8 Å². The predicted octanol–water partition coefficient (Wildman–Crippen LogP) is 7.93. The van der Waals surface area contributed by atoms with E-state index in [2.05, 4.69) is 60.5 Å². The third-order valence-corrected chi connectivity index (χ3v) is 18.1. The molecule has 5 aromatic rings. The number of carbonyl (C=O) groups is 1. The molecule has 3 saturated heterocycles. The van der Waals surface area contributed by atoms with E-state index in [1.54, 1.807) is 12.3 Å². The van der Waals surface area contributed by atoms with Crippen molar-refractivity contribution in [3.05, 3.63) is 111 Å². The average molecular weight is 988 g/mol. The summed E-state index contributed by atoms with van der Waals surface area (Å²) in [7, 11) is -4.60. The first-order valence-corrected chi connectivity index (χ1v) is 26.4. The van der Waals surface area contributed by atoms with Gasteiger partial charge < -0.3 is 34.3 Å². The monoisotopic (exact) mass is 986 g/mol. The molecule has 67 heavy (non-hydrogen) atoms. The first-order chi connectivity index (χ1) is 32.5. The van der Waals surface area contributed by atoms with Crippen LogP contribution in [-0.2, 0) is 19.5 Å². The van der Waals surface area contributed by atoms with Crippen molar-refractivity contribution >= 4 is 96.1 Å². The van der Waals surface area contributed by atoms with E-state index in [0.29, 0.717) is 62.3 Å². The van der Waals surface area contributed by atoms with E-state index in [9.17, 15) is 23.3 Å². The third kappa shape index (κ3) is 9.95. The maximum absolute atomic E-state index is 14.4. The molecule has 3 N–H and O–H groups in total. The highest BCUT2D eigenvalue weighted by molar-refractivity contribution is 8.21. The summed E-state index contributed by atoms with van der Waals surface area (Å²) < 4.78 is 47.6. The van der Waals surface area contributed by atoms with E-state index in [4.69, 9.17) is 30.8 Å². The van der Waals surface area contributed by atoms with Crippen LogP contribution in [0.2, 0.25) is 5.02 Å². The van der Waals surface area contributed by atoms with Crippen LogP contribution in [0.3, 0.4) is 0 Å². The zero-order valence-corrected chi connectivity index (χ0v) is 39.9. The number of halogens is 1. The molecular weight excluding hydrogens is 936 g/mol. The Morgan fingerprint density at radius 2 is 1.79 bits per heavy atom. The number of aromatic nitrogens is 2. The van der Waals surface area contributed by atoms with Crippen molar-refractivity contribution in [2.24, 2.45) is 0 Å². The maximum atomic E-state index is 14.4. The zero-order chi connectivity index (χ0) is 46.1. The van der Waals surface area contributed by atoms with Gasteiger partial charge in [0.15, 0.2) is 0 Å². The second-order valence-corrected chi connectivity index (χ2v) is 22.6. The smallest absolute Gasteiger partial charge is 0.293 e. The van der Waals surface area contributed by atoms with E-state index in [1.807, 2.05) is 41.3 Å². The summed E-state index contributed by atoms with van der Waals surface area (Å²) in [5.41, 5.74) is 6.61. The minimum absolute atomic E-state index is 0.103. The molecule has 0 radical (unpaired) electrons. The van der Waals surface area contributed by atoms with Gasteiger partial charge in [0.25, 0.3) is 21.6 Å². The molecule has 10 rings (SSSR count). The number of benzene rings is 3. The minimum atomic E-state index is -4.60. The Morgan fingerprint density at radius 3 is 2.57 bits per heavy atom. The summed E-state index contributed by atoms with van der Waals surface area (Å²) in [6.07, 6.45) is 5.36. The number of nitrogens with one attached hydrogen (secondary N) is 3. The van der Waals surface area contributed by atoms with E-state index in [-0.39, 0.29) is 28.0 Å². The van der Waals surface area contributed by atoms with Gasteiger partial charge in [0, 0.05) is 85.7 Å². The molecule has 16 nitrogen and oxygen atoms in total. The Hall–Kier alpha value is -5.02. The summed E-state index contributed by atoms with van der Waals surface area (Å²) in [6.45, 7) is 6.32. The third-order valence-electron chi connectivity index (χ3n) is 13.0. The second-order valence-electron chi connectivity index (χ2n) is 17.2. The number of carbonyl (C=O) groups excluding carboxylic acids is 1. The molecule has 1 atom stereocenters. The van der Waals surface area contributed by atoms with Crippen LogP contribution in [0.5, 0.6) is 5.88 Å². The number of nitro groups is 1. The van der Waals surface area contributed by atoms with Crippen LogP contribution in [0.1, 0.15) is 41.6 Å². The largest absolute Gasteiger partial charge is 0.476 e. The number of hydrogen-bond donors (Lipinski definition) is 3. The van der Waals surface area contributed by atoms with E-state index >= 15 is 0 Å². The zero-order valence-electron chi connectivity index (χ0n) is 36.7. The number of nitro benzene ring substituents is 1. The number of piperazine rings is 1. The molecule has 3 aromatic carbocycles. The van der Waals surface area contributed by atoms with Crippen LogP contribution in [-0.4, -0.2) is 128 Å². The predicted molar refractivity (Wildman–Crippen MR) is 265 cm³/mol. The summed E-state index contributed by atoms with van der Waals surface area (Å²) in [5, 5.41) is 16.8. The number of hydrogen-bond acceptors (Lipinski definition) is 15. The minimum Gasteiger partial charge on any atom is -0.476 e. The molecule has 1 spiro atoms. The number of anilines is 4. The Bertz CT molecular complexity index is 2810. The molecule has 5 aliphatic rings. The van der Waals surface area contributed by atoms with Crippen molar-refractivity contribution in [1.82, 2.24) is 19.6 Å². The van der Waals surface area contributed by atoms with Gasteiger partial charge >= 0.3 is 0 Å². The molecule has 1 aliphatic carbocycles. The fraction of sp³-hybridized carbons (Fsp3) is 0.404. The normalized spacial score (nSPS) is 20.1. The van der Waals surface area contributed by atoms with Gasteiger partial charge in [0.2, 0.25) is 5.88 Å². The van der Waals surface area contributed by atoms with Crippen molar-refractivity contribution in [3.8, 4) is 5.88 Å². The number of rotatable bonds is 12. The second kappa shape index (κ2) is 19.5. The Kier molecular flexibility index (Phi) is 13.3. The van der Waals surface area contributed by atoms with Gasteiger partial charge in [-0.3, -0.25) is 19.8 Å². The van der Waals surface area contributed by atoms with E-state index in [0.717, 1.165) is 67.7 Å². The molecule has 1 amide bonds. The number of nitrogens with zero attached hydrogens (tertiary/aromatic N) is 5. The lowest BCUT2D eigenvalue weighted by Crippen LogP contribution is -2.47. The topological polar surface area (TPSA) is 185 Å². The number of sulfonamides is 1. The van der Waals surface area contributed by atoms with Crippen LogP contribution < -0.4 is 24.6 Å². The number of ether oxygens (including phenoxy) is 3. The van der Waals surface area contributed by atoms with Crippen LogP contribution in [0.4, 0.5) is 28.4 Å². The van der Waals surface area contributed by atoms with Crippen molar-refractivity contribution in [3.63, 3.8) is 0 Å². The Labute approximate surface area is 402 Å². The van der Waals surface area contributed by atoms with Gasteiger partial charge in [-0.05, 0) is 91.4 Å². The van der Waals surface area contributed by atoms with Gasteiger partial charge in [-0.15, -0.1) is 23.5 Å². The standard InChI is InChI=1S/C47H51ClN8O8S3/c48-34-4-2-31(3-5-34)39-27-47(65-22-23-66-47)12-10-33(39)29-53-15-17-54(18-16-53)35-6-8-38(41(25-35)55-14-1-19-64-46-43(55)24-32-11-13-49-44(32)51-46)45(57)52-67(60,61)37-7-9-40(42(26-37)56(58)59)50-28-36-30-62-20-21-63-36/h2-9,11,13,24-26,36,50H,1,10,12,14-23,27-30H2,(H,49,51)(H,52,57). The van der Waals surface area contributed by atoms with Gasteiger partial charge in [0.1, 0.15) is 17.0 Å². The first-order valence-electron chi connectivity index (χ1n) is 22.5. The number of amides is 1. The fourth-order valence-electron chi connectivity index (χ4n) is 9.53. The molecule has 3 fully saturated rings. The molecule has 2 aromatic heterocycles. The molecule has 0 saturated carbocycles. The molecule has 1 unspecified atom stereocenters. The highest BCUT2D eigenvalue weighted by Crippen LogP contribution is 2.56. The average Bonchev–Trinajstić information content (AvgIpc) is 3.95. The lowest BCUT2D eigenvalue weighted by Gasteiger charge is -2.40. The highest BCUT2D eigenvalue weighted by atomic mass is 35.5. The Balaban J connectivity index is 0.916. The lowest BCUT2D eigenvalue weighted by molar-refractivity contribution is -0.384. The van der Waals surface area contributed by atoms with Crippen molar-refractivity contribution in [1.29, 1.82) is 0 Å². The molecule has 0 bridgehead atoms. The van der Waals surface area contributed by atoms with Crippen LogP contribution in [0.15, 0.2) is 89.5 Å². The SMILES string of the molecule is O=C(NS(=O)(=O)c1ccc(NCC2COCCO2)c([N+](=O)[O-])c1)c1ccc(N2CCN(CC3=C(c4ccc(Cl)cc4)CC4(CC3)SCCS4)CC2)cc1N1CCCOc2nc3[nH]ccc3cc21. The van der Waals surface area contributed by atoms with E-state index < -0.39 is 31.4 Å². The lowest BCUT2D eigenvalue weighted by atomic mass is 9.86. The molecular formula is C47H51ClN8O8S3. The van der Waals surface area contributed by atoms with Crippen molar-refractivity contribution in [2.75, 3.05) is 98.9 Å². The highest BCUT2D eigenvalue weighted by Gasteiger charge is 2.40. The number of fused-ring (bicyclic) bond motifs is 2. The number of aromatic amines is 1. The molecule has 20 heteroatoms. The van der Waals surface area contributed by atoms with E-state index in [1.165, 1.54) is 46.8 Å². The molecule has 6 heterocycles. The van der Waals surface area contributed by atoms with Gasteiger partial charge in [-0.2, -0.15) is 4.98 Å². The number of pyridine rings is 1. The van der Waals surface area contributed by atoms with Crippen LogP contribution >= 0.6 is 35.1 Å². The first kappa shape index (κ1) is 45.7.